The SMILES string of the molecule is Cc1oc(-n2cccc2)c(C#N)c1C(=O)Nc1cc(S(C)(=O)=O)ccc1F. The number of furan rings is 1. The molecule has 138 valence electrons. The third-order valence-corrected chi connectivity index (χ3v) is 4.97. The molecule has 1 N–H and O–H groups in total. The van der Waals surface area contributed by atoms with Crippen LogP contribution in [0.25, 0.3) is 5.88 Å². The molecule has 0 fully saturated rings. The molecule has 0 saturated heterocycles. The molecular formula is C18H14FN3O4S. The molecule has 2 heterocycles. The second-order valence-corrected chi connectivity index (χ2v) is 7.80. The van der Waals surface area contributed by atoms with Crippen molar-refractivity contribution in [2.24, 2.45) is 0 Å². The molecular weight excluding hydrogens is 373 g/mol. The third-order valence-electron chi connectivity index (χ3n) is 3.86. The molecule has 27 heavy (non-hydrogen) atoms. The van der Waals surface area contributed by atoms with E-state index in [0.717, 1.165) is 24.5 Å². The highest BCUT2D eigenvalue weighted by Crippen LogP contribution is 2.27. The minimum atomic E-state index is -3.58. The number of nitrogens with zero attached hydrogens (tertiary/aromatic N) is 2. The number of nitrogens with one attached hydrogen (secondary N) is 1. The van der Waals surface area contributed by atoms with Crippen molar-refractivity contribution in [3.05, 3.63) is 65.4 Å². The van der Waals surface area contributed by atoms with E-state index < -0.39 is 21.6 Å². The van der Waals surface area contributed by atoms with Crippen LogP contribution in [0, 0.1) is 24.1 Å². The van der Waals surface area contributed by atoms with Crippen molar-refractivity contribution in [1.82, 2.24) is 4.57 Å². The van der Waals surface area contributed by atoms with Crippen LogP contribution >= 0.6 is 0 Å². The maximum Gasteiger partial charge on any atom is 0.260 e. The first kappa shape index (κ1) is 18.4. The maximum absolute atomic E-state index is 14.0. The van der Waals surface area contributed by atoms with Gasteiger partial charge in [-0.3, -0.25) is 9.36 Å². The molecule has 0 bridgehead atoms. The number of aromatic nitrogens is 1. The van der Waals surface area contributed by atoms with Gasteiger partial charge in [0.05, 0.1) is 10.6 Å². The van der Waals surface area contributed by atoms with Gasteiger partial charge in [0, 0.05) is 18.6 Å². The Morgan fingerprint density at radius 1 is 1.30 bits per heavy atom. The second-order valence-electron chi connectivity index (χ2n) is 5.78. The Morgan fingerprint density at radius 3 is 2.56 bits per heavy atom. The van der Waals surface area contributed by atoms with Crippen LogP contribution in [0.15, 0.2) is 52.0 Å². The summed E-state index contributed by atoms with van der Waals surface area (Å²) >= 11 is 0. The summed E-state index contributed by atoms with van der Waals surface area (Å²) in [4.78, 5) is 12.5. The Labute approximate surface area is 154 Å². The summed E-state index contributed by atoms with van der Waals surface area (Å²) in [7, 11) is -3.58. The number of anilines is 1. The van der Waals surface area contributed by atoms with Crippen LogP contribution in [0.3, 0.4) is 0 Å². The monoisotopic (exact) mass is 387 g/mol. The summed E-state index contributed by atoms with van der Waals surface area (Å²) in [5.41, 5.74) is -0.374. The molecule has 0 aliphatic rings. The summed E-state index contributed by atoms with van der Waals surface area (Å²) in [5, 5.41) is 11.8. The number of benzene rings is 1. The number of hydrogen-bond donors (Lipinski definition) is 1. The average Bonchev–Trinajstić information content (AvgIpc) is 3.22. The molecule has 3 rings (SSSR count). The molecule has 1 amide bonds. The van der Waals surface area contributed by atoms with Gasteiger partial charge in [-0.05, 0) is 37.3 Å². The van der Waals surface area contributed by atoms with Gasteiger partial charge in [-0.15, -0.1) is 0 Å². The van der Waals surface area contributed by atoms with E-state index in [2.05, 4.69) is 5.32 Å². The Balaban J connectivity index is 2.02. The van der Waals surface area contributed by atoms with E-state index in [0.29, 0.717) is 0 Å². The van der Waals surface area contributed by atoms with Crippen LogP contribution < -0.4 is 5.32 Å². The van der Waals surface area contributed by atoms with Gasteiger partial charge in [-0.2, -0.15) is 5.26 Å². The number of carbonyl (C=O) groups excluding carboxylic acids is 1. The van der Waals surface area contributed by atoms with Crippen LogP contribution in [0.2, 0.25) is 0 Å². The van der Waals surface area contributed by atoms with E-state index >= 15 is 0 Å². The van der Waals surface area contributed by atoms with Gasteiger partial charge >= 0.3 is 0 Å². The number of aryl methyl sites for hydroxylation is 1. The van der Waals surface area contributed by atoms with Crippen LogP contribution in [0.4, 0.5) is 10.1 Å². The Hall–Kier alpha value is -3.38. The standard InChI is InChI=1S/C18H14FN3O4S/c1-11-16(13(10-20)18(26-11)22-7-3-4-8-22)17(23)21-15-9-12(27(2,24)25)5-6-14(15)19/h3-9H,1-2H3,(H,21,23). The Kier molecular flexibility index (Phi) is 4.59. The zero-order valence-electron chi connectivity index (χ0n) is 14.4. The van der Waals surface area contributed by atoms with Crippen molar-refractivity contribution in [2.75, 3.05) is 11.6 Å². The summed E-state index contributed by atoms with van der Waals surface area (Å²) in [5.74, 6) is -1.25. The Bertz CT molecular complexity index is 1170. The number of halogens is 1. The van der Waals surface area contributed by atoms with E-state index in [1.54, 1.807) is 24.5 Å². The molecule has 0 radical (unpaired) electrons. The molecule has 0 aliphatic carbocycles. The summed E-state index contributed by atoms with van der Waals surface area (Å²) in [6.45, 7) is 1.51. The van der Waals surface area contributed by atoms with Gasteiger partial charge in [0.15, 0.2) is 9.84 Å². The lowest BCUT2D eigenvalue weighted by atomic mass is 10.1. The van der Waals surface area contributed by atoms with E-state index in [1.807, 2.05) is 6.07 Å². The molecule has 0 spiro atoms. The number of amides is 1. The second kappa shape index (κ2) is 6.74. The van der Waals surface area contributed by atoms with Crippen molar-refractivity contribution < 1.29 is 22.0 Å². The highest BCUT2D eigenvalue weighted by atomic mass is 32.2. The van der Waals surface area contributed by atoms with Crippen molar-refractivity contribution in [1.29, 1.82) is 5.26 Å². The molecule has 0 aliphatic heterocycles. The number of rotatable bonds is 4. The van der Waals surface area contributed by atoms with E-state index in [4.69, 9.17) is 4.42 Å². The molecule has 3 aromatic rings. The lowest BCUT2D eigenvalue weighted by Gasteiger charge is -2.08. The molecule has 0 atom stereocenters. The van der Waals surface area contributed by atoms with Gasteiger partial charge in [0.2, 0.25) is 5.88 Å². The molecule has 1 aromatic carbocycles. The predicted molar refractivity (Wildman–Crippen MR) is 95.0 cm³/mol. The number of sulfone groups is 1. The van der Waals surface area contributed by atoms with Crippen molar-refractivity contribution in [3.8, 4) is 12.0 Å². The molecule has 0 saturated carbocycles. The van der Waals surface area contributed by atoms with Gasteiger partial charge in [0.25, 0.3) is 5.91 Å². The summed E-state index contributed by atoms with van der Waals surface area (Å²) in [6, 6.07) is 8.46. The average molecular weight is 387 g/mol. The predicted octanol–water partition coefficient (Wildman–Crippen LogP) is 3.05. The van der Waals surface area contributed by atoms with Crippen molar-refractivity contribution in [3.63, 3.8) is 0 Å². The van der Waals surface area contributed by atoms with Crippen LogP contribution in [-0.4, -0.2) is 25.1 Å². The van der Waals surface area contributed by atoms with Gasteiger partial charge < -0.3 is 9.73 Å². The normalized spacial score (nSPS) is 11.2. The first-order chi connectivity index (χ1) is 12.7. The minimum Gasteiger partial charge on any atom is -0.443 e. The van der Waals surface area contributed by atoms with E-state index in [1.165, 1.54) is 11.5 Å². The first-order valence-corrected chi connectivity index (χ1v) is 9.59. The van der Waals surface area contributed by atoms with Crippen LogP contribution in [0.1, 0.15) is 21.7 Å². The van der Waals surface area contributed by atoms with E-state index in [9.17, 15) is 22.9 Å². The molecule has 9 heteroatoms. The smallest absolute Gasteiger partial charge is 0.260 e. The largest absolute Gasteiger partial charge is 0.443 e. The summed E-state index contributed by atoms with van der Waals surface area (Å²) in [6.07, 6.45) is 4.27. The third kappa shape index (κ3) is 3.47. The fraction of sp³-hybridized carbons (Fsp3) is 0.111. The zero-order chi connectivity index (χ0) is 19.8. The van der Waals surface area contributed by atoms with Gasteiger partial charge in [-0.25, -0.2) is 12.8 Å². The number of nitriles is 1. The number of carbonyl (C=O) groups is 1. The fourth-order valence-corrected chi connectivity index (χ4v) is 3.22. The molecule has 2 aromatic heterocycles. The molecule has 0 unspecified atom stereocenters. The van der Waals surface area contributed by atoms with Crippen molar-refractivity contribution in [2.45, 2.75) is 11.8 Å². The fourth-order valence-electron chi connectivity index (χ4n) is 2.57. The highest BCUT2D eigenvalue weighted by molar-refractivity contribution is 7.90. The van der Waals surface area contributed by atoms with Crippen LogP contribution in [-0.2, 0) is 9.84 Å². The first-order valence-electron chi connectivity index (χ1n) is 7.70. The lowest BCUT2D eigenvalue weighted by molar-refractivity contribution is 0.102. The highest BCUT2D eigenvalue weighted by Gasteiger charge is 2.25. The van der Waals surface area contributed by atoms with Crippen LogP contribution in [0.5, 0.6) is 0 Å². The number of hydrogen-bond acceptors (Lipinski definition) is 5. The minimum absolute atomic E-state index is 0.0131. The summed E-state index contributed by atoms with van der Waals surface area (Å²) < 4.78 is 44.4. The lowest BCUT2D eigenvalue weighted by Crippen LogP contribution is -2.15. The van der Waals surface area contributed by atoms with Crippen molar-refractivity contribution >= 4 is 21.4 Å². The zero-order valence-corrected chi connectivity index (χ0v) is 15.2. The molecule has 7 nitrogen and oxygen atoms in total. The topological polar surface area (TPSA) is 105 Å². The van der Waals surface area contributed by atoms with E-state index in [-0.39, 0.29) is 33.4 Å². The van der Waals surface area contributed by atoms with Gasteiger partial charge in [0.1, 0.15) is 28.8 Å². The quantitative estimate of drug-likeness (QED) is 0.693. The maximum atomic E-state index is 14.0. The Morgan fingerprint density at radius 2 is 1.96 bits per heavy atom. The van der Waals surface area contributed by atoms with Gasteiger partial charge in [-0.1, -0.05) is 0 Å².